The van der Waals surface area contributed by atoms with E-state index in [2.05, 4.69) is 0 Å². The average Bonchev–Trinajstić information content (AvgIpc) is 1.81. The molecule has 0 aromatic carbocycles. The van der Waals surface area contributed by atoms with Crippen molar-refractivity contribution in [2.24, 2.45) is 0 Å². The van der Waals surface area contributed by atoms with Crippen LogP contribution in [0, 0.1) is 0 Å². The van der Waals surface area contributed by atoms with Gasteiger partial charge in [-0.05, 0) is 0 Å². The maximum atomic E-state index is 5.89. The van der Waals surface area contributed by atoms with E-state index in [-0.39, 0.29) is 6.42 Å². The number of rotatable bonds is 5. The fourth-order valence-electron chi connectivity index (χ4n) is 0.701. The summed E-state index contributed by atoms with van der Waals surface area (Å²) in [5.74, 6) is 0.327. The van der Waals surface area contributed by atoms with E-state index in [0.717, 1.165) is 0 Å². The van der Waals surface area contributed by atoms with Crippen LogP contribution in [0.5, 0.6) is 0 Å². The second kappa shape index (κ2) is 6.87. The largest absolute Gasteiger partial charge is 0.125 e. The second-order valence-corrected chi connectivity index (χ2v) is 6.14. The zero-order valence-corrected chi connectivity index (χ0v) is 11.1. The van der Waals surface area contributed by atoms with Crippen LogP contribution in [0.4, 0.5) is 0 Å². The van der Waals surface area contributed by atoms with Crippen LogP contribution >= 0.6 is 69.6 Å². The van der Waals surface area contributed by atoms with Crippen LogP contribution in [-0.4, -0.2) is 15.0 Å². The van der Waals surface area contributed by atoms with Crippen molar-refractivity contribution < 1.29 is 0 Å². The molecule has 0 N–H and O–H groups in total. The Labute approximate surface area is 108 Å². The van der Waals surface area contributed by atoms with Gasteiger partial charge in [0.25, 0.3) is 0 Å². The molecule has 0 saturated heterocycles. The molecule has 13 heavy (non-hydrogen) atoms. The van der Waals surface area contributed by atoms with Gasteiger partial charge in [-0.15, -0.1) is 58.0 Å². The highest BCUT2D eigenvalue weighted by Gasteiger charge is 2.27. The fourth-order valence-corrected chi connectivity index (χ4v) is 2.85. The molecule has 0 aliphatic heterocycles. The van der Waals surface area contributed by atoms with E-state index < -0.39 is 9.17 Å². The highest BCUT2D eigenvalue weighted by Crippen LogP contribution is 2.36. The zero-order chi connectivity index (χ0) is 10.5. The topological polar surface area (TPSA) is 0 Å². The summed E-state index contributed by atoms with van der Waals surface area (Å²) in [6.45, 7) is 0. The minimum atomic E-state index is -1.03. The van der Waals surface area contributed by atoms with Gasteiger partial charge in [-0.2, -0.15) is 0 Å². The van der Waals surface area contributed by atoms with Crippen LogP contribution in [0.2, 0.25) is 0 Å². The van der Waals surface area contributed by atoms with Gasteiger partial charge < -0.3 is 0 Å². The first-order valence-corrected chi connectivity index (χ1v) is 5.98. The third-order valence-electron chi connectivity index (χ3n) is 1.18. The normalized spacial score (nSPS) is 13.9. The van der Waals surface area contributed by atoms with E-state index in [4.69, 9.17) is 69.6 Å². The Balaban J connectivity index is 4.08. The molecule has 0 radical (unpaired) electrons. The van der Waals surface area contributed by atoms with Crippen molar-refractivity contribution in [1.29, 1.82) is 0 Å². The Kier molecular flexibility index (Phi) is 7.65. The summed E-state index contributed by atoms with van der Waals surface area (Å²) in [6.07, 6.45) is 2.17. The van der Waals surface area contributed by atoms with Crippen molar-refractivity contribution in [1.82, 2.24) is 0 Å². The van der Waals surface area contributed by atoms with Crippen molar-refractivity contribution in [3.63, 3.8) is 0 Å². The Hall–Kier alpha value is 1.48. The molecule has 0 aliphatic rings. The maximum Gasteiger partial charge on any atom is 0.125 e. The molecule has 0 aromatic heterocycles. The SMILES string of the molecule is ClC/C=C(\Cl)CC(Cl)(Cl)CC(Cl)Cl. The Morgan fingerprint density at radius 2 is 1.85 bits per heavy atom. The molecule has 0 spiro atoms. The Morgan fingerprint density at radius 3 is 2.23 bits per heavy atom. The lowest BCUT2D eigenvalue weighted by Gasteiger charge is -2.19. The van der Waals surface area contributed by atoms with Gasteiger partial charge in [-0.1, -0.05) is 17.7 Å². The summed E-state index contributed by atoms with van der Waals surface area (Å²) < 4.78 is -1.03. The lowest BCUT2D eigenvalue weighted by molar-refractivity contribution is 0.732. The molecule has 0 saturated carbocycles. The molecule has 0 bridgehead atoms. The summed E-state index contributed by atoms with van der Waals surface area (Å²) in [7, 11) is 0. The predicted octanol–water partition coefficient (Wildman–Crippen LogP) is 5.11. The summed E-state index contributed by atoms with van der Waals surface area (Å²) in [5.41, 5.74) is 0. The third-order valence-corrected chi connectivity index (χ3v) is 2.51. The van der Waals surface area contributed by atoms with E-state index in [1.165, 1.54) is 0 Å². The molecule has 0 unspecified atom stereocenters. The number of allylic oxidation sites excluding steroid dienone is 2. The van der Waals surface area contributed by atoms with E-state index in [9.17, 15) is 0 Å². The molecule has 0 amide bonds. The van der Waals surface area contributed by atoms with E-state index in [1.807, 2.05) is 0 Å². The maximum absolute atomic E-state index is 5.89. The van der Waals surface area contributed by atoms with Crippen LogP contribution in [0.3, 0.4) is 0 Å². The van der Waals surface area contributed by atoms with Gasteiger partial charge in [-0.3, -0.25) is 0 Å². The molecular formula is C7H8Cl6. The summed E-state index contributed by atoms with van der Waals surface area (Å²) >= 11 is 34.0. The van der Waals surface area contributed by atoms with Crippen LogP contribution in [0.25, 0.3) is 0 Å². The third kappa shape index (κ3) is 8.47. The van der Waals surface area contributed by atoms with Crippen molar-refractivity contribution in [2.45, 2.75) is 22.0 Å². The molecule has 0 fully saturated rings. The van der Waals surface area contributed by atoms with Gasteiger partial charge in [0.15, 0.2) is 0 Å². The molecule has 0 aliphatic carbocycles. The van der Waals surface area contributed by atoms with Gasteiger partial charge in [-0.25, -0.2) is 0 Å². The highest BCUT2D eigenvalue weighted by atomic mass is 35.5. The molecule has 0 heterocycles. The van der Waals surface area contributed by atoms with E-state index in [1.54, 1.807) is 6.08 Å². The molecule has 6 heteroatoms. The van der Waals surface area contributed by atoms with Crippen molar-refractivity contribution in [2.75, 3.05) is 5.88 Å². The molecular weight excluding hydrogens is 297 g/mol. The zero-order valence-electron chi connectivity index (χ0n) is 6.54. The minimum absolute atomic E-state index is 0.256. The molecule has 0 atom stereocenters. The molecule has 0 aromatic rings. The van der Waals surface area contributed by atoms with E-state index >= 15 is 0 Å². The molecule has 78 valence electrons. The number of hydrogen-bond acceptors (Lipinski definition) is 0. The van der Waals surface area contributed by atoms with Crippen LogP contribution in [0.15, 0.2) is 11.1 Å². The first-order chi connectivity index (χ1) is 5.87. The standard InChI is InChI=1S/C7H8Cl6/c8-2-1-5(9)3-7(12,13)4-6(10)11/h1,6H,2-4H2/b5-1-. The van der Waals surface area contributed by atoms with Gasteiger partial charge >= 0.3 is 0 Å². The second-order valence-electron chi connectivity index (χ2n) is 2.43. The summed E-state index contributed by atoms with van der Waals surface area (Å²) in [6, 6.07) is 0. The van der Waals surface area contributed by atoms with Gasteiger partial charge in [0.05, 0.1) is 0 Å². The van der Waals surface area contributed by atoms with Gasteiger partial charge in [0.1, 0.15) is 9.17 Å². The summed E-state index contributed by atoms with van der Waals surface area (Å²) in [5, 5.41) is 0.508. The smallest absolute Gasteiger partial charge is 0.122 e. The van der Waals surface area contributed by atoms with E-state index in [0.29, 0.717) is 17.3 Å². The van der Waals surface area contributed by atoms with Crippen LogP contribution in [-0.2, 0) is 0 Å². The average molecular weight is 305 g/mol. The van der Waals surface area contributed by atoms with Gasteiger partial charge in [0.2, 0.25) is 0 Å². The summed E-state index contributed by atoms with van der Waals surface area (Å²) in [4.78, 5) is -0.601. The quantitative estimate of drug-likeness (QED) is 0.619. The lowest BCUT2D eigenvalue weighted by atomic mass is 10.2. The molecule has 0 nitrogen and oxygen atoms in total. The molecule has 0 rings (SSSR count). The number of hydrogen-bond donors (Lipinski definition) is 0. The fraction of sp³-hybridized carbons (Fsp3) is 0.714. The van der Waals surface area contributed by atoms with Crippen LogP contribution < -0.4 is 0 Å². The first kappa shape index (κ1) is 14.5. The van der Waals surface area contributed by atoms with Crippen molar-refractivity contribution in [3.8, 4) is 0 Å². The lowest BCUT2D eigenvalue weighted by Crippen LogP contribution is -2.16. The monoisotopic (exact) mass is 302 g/mol. The minimum Gasteiger partial charge on any atom is -0.122 e. The highest BCUT2D eigenvalue weighted by molar-refractivity contribution is 6.51. The predicted molar refractivity (Wildman–Crippen MR) is 63.8 cm³/mol. The Bertz CT molecular complexity index is 174. The van der Waals surface area contributed by atoms with Crippen LogP contribution in [0.1, 0.15) is 12.8 Å². The number of alkyl halides is 5. The van der Waals surface area contributed by atoms with Gasteiger partial charge in [0, 0.05) is 23.8 Å². The number of halogens is 6. The van der Waals surface area contributed by atoms with Crippen molar-refractivity contribution >= 4 is 69.6 Å². The Morgan fingerprint density at radius 1 is 1.31 bits per heavy atom. The first-order valence-electron chi connectivity index (χ1n) is 3.44. The van der Waals surface area contributed by atoms with Crippen molar-refractivity contribution in [3.05, 3.63) is 11.1 Å².